The Labute approximate surface area is 135 Å². The first kappa shape index (κ1) is 14.8. The van der Waals surface area contributed by atoms with E-state index in [9.17, 15) is 0 Å². The second kappa shape index (κ2) is 6.32. The molecule has 3 aromatic carbocycles. The first-order chi connectivity index (χ1) is 11.1. The van der Waals surface area contributed by atoms with E-state index < -0.39 is 0 Å². The van der Waals surface area contributed by atoms with Gasteiger partial charge in [-0.2, -0.15) is 0 Å². The number of rotatable bonds is 4. The molecule has 0 amide bonds. The molecule has 0 saturated heterocycles. The summed E-state index contributed by atoms with van der Waals surface area (Å²) in [6.45, 7) is 0. The van der Waals surface area contributed by atoms with E-state index >= 15 is 0 Å². The Bertz CT molecular complexity index is 768. The van der Waals surface area contributed by atoms with Crippen LogP contribution in [0.5, 0.6) is 0 Å². The monoisotopic (exact) mass is 304 g/mol. The summed E-state index contributed by atoms with van der Waals surface area (Å²) in [6.07, 6.45) is 0. The molecular formula is C19H20N4. The third-order valence-corrected chi connectivity index (χ3v) is 3.69. The van der Waals surface area contributed by atoms with Crippen LogP contribution in [0.3, 0.4) is 0 Å². The summed E-state index contributed by atoms with van der Waals surface area (Å²) >= 11 is 0. The summed E-state index contributed by atoms with van der Waals surface area (Å²) in [6, 6.07) is 23.3. The molecule has 23 heavy (non-hydrogen) atoms. The quantitative estimate of drug-likeness (QED) is 0.554. The van der Waals surface area contributed by atoms with Crippen LogP contribution in [0.25, 0.3) is 0 Å². The third-order valence-electron chi connectivity index (χ3n) is 3.69. The molecule has 0 radical (unpaired) electrons. The van der Waals surface area contributed by atoms with Crippen molar-refractivity contribution in [3.05, 3.63) is 83.9 Å². The molecule has 4 nitrogen and oxygen atoms in total. The van der Waals surface area contributed by atoms with E-state index in [1.165, 1.54) is 0 Å². The van der Waals surface area contributed by atoms with Gasteiger partial charge in [0.1, 0.15) is 0 Å². The SMILES string of the molecule is Nc1cccc(NC(c2cccc(N)c2)c2cccc(N)c2)c1. The van der Waals surface area contributed by atoms with Gasteiger partial charge in [0.25, 0.3) is 0 Å². The molecule has 4 heteroatoms. The minimum Gasteiger partial charge on any atom is -0.399 e. The van der Waals surface area contributed by atoms with Crippen LogP contribution in [0.1, 0.15) is 17.2 Å². The predicted molar refractivity (Wildman–Crippen MR) is 98.0 cm³/mol. The highest BCUT2D eigenvalue weighted by Gasteiger charge is 2.15. The molecule has 0 fully saturated rings. The summed E-state index contributed by atoms with van der Waals surface area (Å²) in [5, 5.41) is 3.52. The van der Waals surface area contributed by atoms with Crippen molar-refractivity contribution in [2.75, 3.05) is 22.5 Å². The van der Waals surface area contributed by atoms with Crippen LogP contribution in [0.2, 0.25) is 0 Å². The Hall–Kier alpha value is -3.14. The maximum atomic E-state index is 5.95. The lowest BCUT2D eigenvalue weighted by atomic mass is 9.97. The van der Waals surface area contributed by atoms with Crippen LogP contribution in [0.4, 0.5) is 22.7 Å². The smallest absolute Gasteiger partial charge is 0.0769 e. The van der Waals surface area contributed by atoms with Gasteiger partial charge in [0.15, 0.2) is 0 Å². The van der Waals surface area contributed by atoms with Gasteiger partial charge in [-0.1, -0.05) is 30.3 Å². The van der Waals surface area contributed by atoms with Crippen LogP contribution >= 0.6 is 0 Å². The fourth-order valence-corrected chi connectivity index (χ4v) is 2.63. The zero-order valence-corrected chi connectivity index (χ0v) is 12.7. The molecule has 0 saturated carbocycles. The summed E-state index contributed by atoms with van der Waals surface area (Å²) < 4.78 is 0. The van der Waals surface area contributed by atoms with Crippen molar-refractivity contribution in [2.24, 2.45) is 0 Å². The Morgan fingerprint density at radius 1 is 0.609 bits per heavy atom. The Morgan fingerprint density at radius 2 is 1.09 bits per heavy atom. The fraction of sp³-hybridized carbons (Fsp3) is 0.0526. The first-order valence-electron chi connectivity index (χ1n) is 7.45. The molecule has 0 aliphatic heterocycles. The minimum atomic E-state index is -0.0659. The molecule has 0 spiro atoms. The normalized spacial score (nSPS) is 10.7. The number of nitrogens with two attached hydrogens (primary N) is 3. The second-order valence-electron chi connectivity index (χ2n) is 5.54. The zero-order valence-electron chi connectivity index (χ0n) is 12.7. The fourth-order valence-electron chi connectivity index (χ4n) is 2.63. The lowest BCUT2D eigenvalue weighted by molar-refractivity contribution is 0.941. The number of nitrogens with one attached hydrogen (secondary N) is 1. The van der Waals surface area contributed by atoms with Crippen molar-refractivity contribution in [1.29, 1.82) is 0 Å². The van der Waals surface area contributed by atoms with E-state index in [1.807, 2.05) is 72.8 Å². The van der Waals surface area contributed by atoms with E-state index in [0.29, 0.717) is 5.69 Å². The van der Waals surface area contributed by atoms with E-state index in [4.69, 9.17) is 17.2 Å². The highest BCUT2D eigenvalue weighted by molar-refractivity contribution is 5.58. The van der Waals surface area contributed by atoms with E-state index in [1.54, 1.807) is 0 Å². The second-order valence-corrected chi connectivity index (χ2v) is 5.54. The molecule has 0 bridgehead atoms. The average molecular weight is 304 g/mol. The Kier molecular flexibility index (Phi) is 4.06. The first-order valence-corrected chi connectivity index (χ1v) is 7.45. The van der Waals surface area contributed by atoms with Gasteiger partial charge < -0.3 is 22.5 Å². The minimum absolute atomic E-state index is 0.0659. The van der Waals surface area contributed by atoms with Crippen molar-refractivity contribution in [2.45, 2.75) is 6.04 Å². The summed E-state index contributed by atoms with van der Waals surface area (Å²) in [5.41, 5.74) is 23.0. The van der Waals surface area contributed by atoms with Crippen molar-refractivity contribution in [3.63, 3.8) is 0 Å². The molecule has 0 atom stereocenters. The van der Waals surface area contributed by atoms with Gasteiger partial charge in [-0.05, 0) is 53.6 Å². The highest BCUT2D eigenvalue weighted by Crippen LogP contribution is 2.29. The lowest BCUT2D eigenvalue weighted by Gasteiger charge is -2.22. The third kappa shape index (κ3) is 3.55. The van der Waals surface area contributed by atoms with Gasteiger partial charge in [-0.3, -0.25) is 0 Å². The molecule has 0 aliphatic rings. The van der Waals surface area contributed by atoms with Gasteiger partial charge in [-0.15, -0.1) is 0 Å². The number of anilines is 4. The molecule has 7 N–H and O–H groups in total. The van der Waals surface area contributed by atoms with Crippen LogP contribution < -0.4 is 22.5 Å². The number of nitrogen functional groups attached to an aromatic ring is 3. The van der Waals surface area contributed by atoms with Crippen LogP contribution in [0, 0.1) is 0 Å². The maximum Gasteiger partial charge on any atom is 0.0769 e. The molecule has 0 heterocycles. The Morgan fingerprint density at radius 3 is 1.57 bits per heavy atom. The average Bonchev–Trinajstić information content (AvgIpc) is 2.53. The van der Waals surface area contributed by atoms with Crippen LogP contribution in [-0.2, 0) is 0 Å². The number of hydrogen-bond acceptors (Lipinski definition) is 4. The van der Waals surface area contributed by atoms with Crippen molar-refractivity contribution >= 4 is 22.7 Å². The lowest BCUT2D eigenvalue weighted by Crippen LogP contribution is -2.13. The molecule has 0 aromatic heterocycles. The standard InChI is InChI=1S/C19H20N4/c20-15-6-1-4-13(10-15)19(14-5-2-7-16(21)11-14)23-18-9-3-8-17(22)12-18/h1-12,19,23H,20-22H2. The van der Waals surface area contributed by atoms with E-state index in [2.05, 4.69) is 5.32 Å². The summed E-state index contributed by atoms with van der Waals surface area (Å²) in [4.78, 5) is 0. The molecule has 0 aliphatic carbocycles. The van der Waals surface area contributed by atoms with Gasteiger partial charge in [0, 0.05) is 22.7 Å². The van der Waals surface area contributed by atoms with Crippen LogP contribution in [0.15, 0.2) is 72.8 Å². The molecule has 3 aromatic rings. The topological polar surface area (TPSA) is 90.1 Å². The molecular weight excluding hydrogens is 284 g/mol. The largest absolute Gasteiger partial charge is 0.399 e. The van der Waals surface area contributed by atoms with Crippen molar-refractivity contribution in [1.82, 2.24) is 0 Å². The van der Waals surface area contributed by atoms with E-state index in [-0.39, 0.29) is 6.04 Å². The van der Waals surface area contributed by atoms with Crippen molar-refractivity contribution in [3.8, 4) is 0 Å². The summed E-state index contributed by atoms with van der Waals surface area (Å²) in [5.74, 6) is 0. The van der Waals surface area contributed by atoms with Gasteiger partial charge in [-0.25, -0.2) is 0 Å². The molecule has 0 unspecified atom stereocenters. The number of benzene rings is 3. The maximum absolute atomic E-state index is 5.95. The van der Waals surface area contributed by atoms with Gasteiger partial charge in [0.05, 0.1) is 6.04 Å². The van der Waals surface area contributed by atoms with Crippen LogP contribution in [-0.4, -0.2) is 0 Å². The highest BCUT2D eigenvalue weighted by atomic mass is 14.9. The Balaban J connectivity index is 2.03. The predicted octanol–water partition coefficient (Wildman–Crippen LogP) is 3.63. The number of hydrogen-bond donors (Lipinski definition) is 4. The van der Waals surface area contributed by atoms with Gasteiger partial charge >= 0.3 is 0 Å². The summed E-state index contributed by atoms with van der Waals surface area (Å²) in [7, 11) is 0. The molecule has 116 valence electrons. The molecule has 3 rings (SSSR count). The van der Waals surface area contributed by atoms with E-state index in [0.717, 1.165) is 28.2 Å². The van der Waals surface area contributed by atoms with Crippen molar-refractivity contribution < 1.29 is 0 Å². The zero-order chi connectivity index (χ0) is 16.2. The van der Waals surface area contributed by atoms with Gasteiger partial charge in [0.2, 0.25) is 0 Å².